The van der Waals surface area contributed by atoms with E-state index in [9.17, 15) is 4.79 Å². The van der Waals surface area contributed by atoms with E-state index in [0.29, 0.717) is 30.3 Å². The molecule has 0 radical (unpaired) electrons. The Morgan fingerprint density at radius 2 is 2.33 bits per heavy atom. The van der Waals surface area contributed by atoms with Crippen LogP contribution in [-0.4, -0.2) is 41.1 Å². The second kappa shape index (κ2) is 4.74. The van der Waals surface area contributed by atoms with Crippen LogP contribution in [0.5, 0.6) is 0 Å². The largest absolute Gasteiger partial charge is 0.382 e. The highest BCUT2D eigenvalue weighted by atomic mass is 35.5. The summed E-state index contributed by atoms with van der Waals surface area (Å²) < 4.78 is 5.57. The van der Waals surface area contributed by atoms with E-state index in [0.717, 1.165) is 0 Å². The molecule has 98 valence electrons. The van der Waals surface area contributed by atoms with Crippen LogP contribution in [0.4, 0.5) is 5.82 Å². The summed E-state index contributed by atoms with van der Waals surface area (Å²) in [5.41, 5.74) is 5.65. The van der Waals surface area contributed by atoms with Crippen LogP contribution in [0.1, 0.15) is 24.2 Å². The number of hydrogen-bond acceptors (Lipinski definition) is 4. The highest BCUT2D eigenvalue weighted by Gasteiger charge is 2.30. The van der Waals surface area contributed by atoms with Gasteiger partial charge in [0.15, 0.2) is 0 Å². The predicted molar refractivity (Wildman–Crippen MR) is 69.6 cm³/mol. The van der Waals surface area contributed by atoms with Crippen LogP contribution in [0.15, 0.2) is 12.3 Å². The number of nitrogens with two attached hydrogens (primary N) is 1. The maximum Gasteiger partial charge on any atom is 0.255 e. The second-order valence-electron chi connectivity index (χ2n) is 4.93. The molecule has 1 saturated heterocycles. The predicted octanol–water partition coefficient (Wildman–Crippen LogP) is 1.57. The van der Waals surface area contributed by atoms with Crippen LogP contribution in [0.3, 0.4) is 0 Å². The lowest BCUT2D eigenvalue weighted by atomic mass is 10.1. The van der Waals surface area contributed by atoms with E-state index in [1.54, 1.807) is 11.0 Å². The van der Waals surface area contributed by atoms with Crippen molar-refractivity contribution >= 4 is 23.3 Å². The number of nitrogens with zero attached hydrogens (tertiary/aromatic N) is 2. The first kappa shape index (κ1) is 13.1. The lowest BCUT2D eigenvalue weighted by Crippen LogP contribution is -2.50. The van der Waals surface area contributed by atoms with Crippen LogP contribution in [0, 0.1) is 0 Å². The molecule has 1 amide bonds. The third-order valence-electron chi connectivity index (χ3n) is 2.83. The number of anilines is 1. The summed E-state index contributed by atoms with van der Waals surface area (Å²) in [6, 6.07) is 1.55. The summed E-state index contributed by atoms with van der Waals surface area (Å²) in [4.78, 5) is 17.9. The Bertz CT molecular complexity index is 476. The van der Waals surface area contributed by atoms with Gasteiger partial charge in [-0.2, -0.15) is 0 Å². The summed E-state index contributed by atoms with van der Waals surface area (Å²) in [7, 11) is 0. The molecule has 0 spiro atoms. The molecule has 0 aliphatic carbocycles. The molecule has 1 aliphatic rings. The average molecular weight is 270 g/mol. The van der Waals surface area contributed by atoms with Gasteiger partial charge in [0, 0.05) is 19.3 Å². The fourth-order valence-corrected chi connectivity index (χ4v) is 2.10. The van der Waals surface area contributed by atoms with E-state index in [1.807, 2.05) is 13.8 Å². The summed E-state index contributed by atoms with van der Waals surface area (Å²) in [5.74, 6) is 0.135. The van der Waals surface area contributed by atoms with E-state index < -0.39 is 0 Å². The maximum atomic E-state index is 12.3. The fourth-order valence-electron chi connectivity index (χ4n) is 1.94. The smallest absolute Gasteiger partial charge is 0.255 e. The first-order valence-corrected chi connectivity index (χ1v) is 6.11. The summed E-state index contributed by atoms with van der Waals surface area (Å²) >= 11 is 5.87. The van der Waals surface area contributed by atoms with Crippen molar-refractivity contribution < 1.29 is 9.53 Å². The number of hydrogen-bond donors (Lipinski definition) is 1. The lowest BCUT2D eigenvalue weighted by Gasteiger charge is -2.38. The molecule has 2 N–H and O–H groups in total. The quantitative estimate of drug-likeness (QED) is 0.840. The van der Waals surface area contributed by atoms with Crippen molar-refractivity contribution in [3.63, 3.8) is 0 Å². The van der Waals surface area contributed by atoms with Crippen molar-refractivity contribution in [2.24, 2.45) is 0 Å². The minimum atomic E-state index is -0.320. The van der Waals surface area contributed by atoms with Crippen molar-refractivity contribution in [1.82, 2.24) is 9.88 Å². The molecule has 2 rings (SSSR count). The van der Waals surface area contributed by atoms with Crippen LogP contribution in [0.25, 0.3) is 0 Å². The molecule has 1 aliphatic heterocycles. The van der Waals surface area contributed by atoms with Crippen LogP contribution >= 0.6 is 11.6 Å². The third-order valence-corrected chi connectivity index (χ3v) is 3.13. The Labute approximate surface area is 111 Å². The molecule has 1 aromatic rings. The molecule has 18 heavy (non-hydrogen) atoms. The van der Waals surface area contributed by atoms with Crippen molar-refractivity contribution in [2.75, 3.05) is 25.4 Å². The molecular formula is C12H16ClN3O2. The van der Waals surface area contributed by atoms with Crippen molar-refractivity contribution in [3.8, 4) is 0 Å². The zero-order chi connectivity index (χ0) is 13.3. The number of morpholine rings is 1. The molecule has 1 aromatic heterocycles. The number of amides is 1. The molecule has 2 heterocycles. The normalized spacial score (nSPS) is 18.7. The Hall–Kier alpha value is -1.33. The average Bonchev–Trinajstić information content (AvgIpc) is 2.30. The molecule has 0 saturated carbocycles. The standard InChI is InChI=1S/C12H16ClN3O2/c1-12(2)7-16(3-4-18-12)11(17)8-5-9(13)10(14)15-6-8/h5-6H,3-4,7H2,1-2H3,(H2,14,15). The summed E-state index contributed by atoms with van der Waals surface area (Å²) in [6.45, 7) is 5.58. The summed E-state index contributed by atoms with van der Waals surface area (Å²) in [6.07, 6.45) is 1.45. The molecule has 1 fully saturated rings. The number of carbonyl (C=O) groups excluding carboxylic acids is 1. The highest BCUT2D eigenvalue weighted by Crippen LogP contribution is 2.21. The zero-order valence-corrected chi connectivity index (χ0v) is 11.2. The Morgan fingerprint density at radius 3 is 2.94 bits per heavy atom. The van der Waals surface area contributed by atoms with Gasteiger partial charge in [0.25, 0.3) is 5.91 Å². The molecule has 5 nitrogen and oxygen atoms in total. The van der Waals surface area contributed by atoms with E-state index in [4.69, 9.17) is 22.1 Å². The summed E-state index contributed by atoms with van der Waals surface area (Å²) in [5, 5.41) is 0.299. The van der Waals surface area contributed by atoms with Gasteiger partial charge in [-0.1, -0.05) is 11.6 Å². The van der Waals surface area contributed by atoms with E-state index in [2.05, 4.69) is 4.98 Å². The van der Waals surface area contributed by atoms with Crippen LogP contribution < -0.4 is 5.73 Å². The van der Waals surface area contributed by atoms with Gasteiger partial charge in [-0.25, -0.2) is 4.98 Å². The number of pyridine rings is 1. The van der Waals surface area contributed by atoms with Gasteiger partial charge in [-0.3, -0.25) is 4.79 Å². The van der Waals surface area contributed by atoms with Gasteiger partial charge in [0.1, 0.15) is 5.82 Å². The first-order chi connectivity index (χ1) is 8.39. The Kier molecular flexibility index (Phi) is 3.45. The van der Waals surface area contributed by atoms with Crippen molar-refractivity contribution in [1.29, 1.82) is 0 Å². The maximum absolute atomic E-state index is 12.3. The zero-order valence-electron chi connectivity index (χ0n) is 10.4. The van der Waals surface area contributed by atoms with E-state index >= 15 is 0 Å². The minimum Gasteiger partial charge on any atom is -0.382 e. The van der Waals surface area contributed by atoms with Crippen molar-refractivity contribution in [3.05, 3.63) is 22.8 Å². The van der Waals surface area contributed by atoms with E-state index in [1.165, 1.54) is 6.20 Å². The fraction of sp³-hybridized carbons (Fsp3) is 0.500. The van der Waals surface area contributed by atoms with E-state index in [-0.39, 0.29) is 17.3 Å². The number of halogens is 1. The Morgan fingerprint density at radius 1 is 1.61 bits per heavy atom. The molecule has 0 atom stereocenters. The van der Waals surface area contributed by atoms with Crippen LogP contribution in [-0.2, 0) is 4.74 Å². The SMILES string of the molecule is CC1(C)CN(C(=O)c2cnc(N)c(Cl)c2)CCO1. The number of nitrogen functional groups attached to an aromatic ring is 1. The van der Waals surface area contributed by atoms with Gasteiger partial charge in [-0.15, -0.1) is 0 Å². The first-order valence-electron chi connectivity index (χ1n) is 5.73. The van der Waals surface area contributed by atoms with Gasteiger partial charge >= 0.3 is 0 Å². The molecule has 0 bridgehead atoms. The van der Waals surface area contributed by atoms with Gasteiger partial charge in [0.05, 0.1) is 22.8 Å². The topological polar surface area (TPSA) is 68.5 Å². The minimum absolute atomic E-state index is 0.0965. The van der Waals surface area contributed by atoms with Gasteiger partial charge < -0.3 is 15.4 Å². The number of aromatic nitrogens is 1. The molecular weight excluding hydrogens is 254 g/mol. The Balaban J connectivity index is 2.18. The van der Waals surface area contributed by atoms with Gasteiger partial charge in [-0.05, 0) is 19.9 Å². The third kappa shape index (κ3) is 2.73. The van der Waals surface area contributed by atoms with Gasteiger partial charge in [0.2, 0.25) is 0 Å². The molecule has 6 heteroatoms. The lowest BCUT2D eigenvalue weighted by molar-refractivity contribution is -0.0764. The van der Waals surface area contributed by atoms with Crippen LogP contribution in [0.2, 0.25) is 5.02 Å². The number of carbonyl (C=O) groups is 1. The number of ether oxygens (including phenoxy) is 1. The monoisotopic (exact) mass is 269 g/mol. The highest BCUT2D eigenvalue weighted by molar-refractivity contribution is 6.33. The molecule has 0 unspecified atom stereocenters. The number of rotatable bonds is 1. The molecule has 0 aromatic carbocycles. The second-order valence-corrected chi connectivity index (χ2v) is 5.33. The van der Waals surface area contributed by atoms with Crippen molar-refractivity contribution in [2.45, 2.75) is 19.4 Å².